The summed E-state index contributed by atoms with van der Waals surface area (Å²) >= 11 is 0. The lowest BCUT2D eigenvalue weighted by Gasteiger charge is -2.05. The monoisotopic (exact) mass is 290 g/mol. The van der Waals surface area contributed by atoms with Crippen molar-refractivity contribution in [2.24, 2.45) is 0 Å². The summed E-state index contributed by atoms with van der Waals surface area (Å²) in [6, 6.07) is 9.49. The molecule has 1 aromatic rings. The molecule has 0 radical (unpaired) electrons. The lowest BCUT2D eigenvalue weighted by Crippen LogP contribution is -2.16. The number of esters is 1. The van der Waals surface area contributed by atoms with Gasteiger partial charge in [0.15, 0.2) is 0 Å². The summed E-state index contributed by atoms with van der Waals surface area (Å²) < 4.78 is 4.90. The van der Waals surface area contributed by atoms with E-state index in [0.29, 0.717) is 6.61 Å². The Morgan fingerprint density at radius 1 is 1.29 bits per heavy atom. The zero-order valence-electron chi connectivity index (χ0n) is 12.3. The van der Waals surface area contributed by atoms with Crippen LogP contribution in [0.5, 0.6) is 0 Å². The Bertz CT molecular complexity index is 465. The molecule has 0 aromatic heterocycles. The van der Waals surface area contributed by atoms with Crippen molar-refractivity contribution in [3.05, 3.63) is 42.0 Å². The van der Waals surface area contributed by atoms with Gasteiger partial charge in [-0.25, -0.2) is 0 Å². The lowest BCUT2D eigenvalue weighted by atomic mass is 10.1. The van der Waals surface area contributed by atoms with E-state index in [9.17, 15) is 14.7 Å². The largest absolute Gasteiger partial charge is 0.465 e. The molecule has 4 heteroatoms. The summed E-state index contributed by atoms with van der Waals surface area (Å²) in [6.07, 6.45) is 3.78. The molecular weight excluding hydrogens is 268 g/mol. The van der Waals surface area contributed by atoms with Crippen LogP contribution in [-0.2, 0) is 14.3 Å². The van der Waals surface area contributed by atoms with E-state index >= 15 is 0 Å². The van der Waals surface area contributed by atoms with Crippen LogP contribution in [0.1, 0.15) is 38.2 Å². The average molecular weight is 290 g/mol. The number of hydrogen-bond acceptors (Lipinski definition) is 4. The summed E-state index contributed by atoms with van der Waals surface area (Å²) in [6.45, 7) is 2.34. The predicted octanol–water partition coefficient (Wildman–Crippen LogP) is 2.75. The number of hydrogen-bond donors (Lipinski definition) is 1. The molecule has 114 valence electrons. The summed E-state index contributed by atoms with van der Waals surface area (Å²) in [4.78, 5) is 23.0. The SMILES string of the molecule is CCCCOC(=O)CC(=O)CC(O)/C=C/c1ccccc1. The third-order valence-electron chi connectivity index (χ3n) is 2.85. The van der Waals surface area contributed by atoms with Crippen molar-refractivity contribution in [3.8, 4) is 0 Å². The fourth-order valence-corrected chi connectivity index (χ4v) is 1.70. The molecule has 0 fully saturated rings. The van der Waals surface area contributed by atoms with Crippen molar-refractivity contribution in [2.75, 3.05) is 6.61 Å². The molecule has 0 spiro atoms. The molecule has 0 saturated heterocycles. The Hall–Kier alpha value is -1.94. The van der Waals surface area contributed by atoms with Gasteiger partial charge in [-0.1, -0.05) is 55.8 Å². The Labute approximate surface area is 125 Å². The van der Waals surface area contributed by atoms with Gasteiger partial charge in [0.25, 0.3) is 0 Å². The van der Waals surface area contributed by atoms with Crippen LogP contribution in [0.15, 0.2) is 36.4 Å². The second-order valence-corrected chi connectivity index (χ2v) is 4.83. The van der Waals surface area contributed by atoms with Crippen molar-refractivity contribution in [3.63, 3.8) is 0 Å². The van der Waals surface area contributed by atoms with Crippen LogP contribution in [0.25, 0.3) is 6.08 Å². The molecular formula is C17H22O4. The molecule has 0 aliphatic carbocycles. The van der Waals surface area contributed by atoms with E-state index in [4.69, 9.17) is 4.74 Å². The number of aliphatic hydroxyl groups is 1. The Balaban J connectivity index is 2.30. The molecule has 1 rings (SSSR count). The second-order valence-electron chi connectivity index (χ2n) is 4.83. The number of ether oxygens (including phenoxy) is 1. The standard InChI is InChI=1S/C17H22O4/c1-2-3-11-21-17(20)13-16(19)12-15(18)10-9-14-7-5-4-6-8-14/h4-10,15,18H,2-3,11-13H2,1H3/b10-9+. The third-order valence-corrected chi connectivity index (χ3v) is 2.85. The Kier molecular flexibility index (Phi) is 8.05. The average Bonchev–Trinajstić information content (AvgIpc) is 2.46. The Morgan fingerprint density at radius 2 is 2.00 bits per heavy atom. The van der Waals surface area contributed by atoms with Gasteiger partial charge >= 0.3 is 5.97 Å². The first-order valence-electron chi connectivity index (χ1n) is 7.20. The smallest absolute Gasteiger partial charge is 0.313 e. The first-order valence-corrected chi connectivity index (χ1v) is 7.20. The maximum absolute atomic E-state index is 11.6. The number of carbonyl (C=O) groups is 2. The molecule has 4 nitrogen and oxygen atoms in total. The minimum Gasteiger partial charge on any atom is -0.465 e. The molecule has 0 aliphatic rings. The van der Waals surface area contributed by atoms with Gasteiger partial charge in [0, 0.05) is 6.42 Å². The number of rotatable bonds is 9. The van der Waals surface area contributed by atoms with E-state index in [1.807, 2.05) is 37.3 Å². The minimum absolute atomic E-state index is 0.0772. The lowest BCUT2D eigenvalue weighted by molar-refractivity contribution is -0.146. The topological polar surface area (TPSA) is 63.6 Å². The van der Waals surface area contributed by atoms with Crippen LogP contribution in [0.2, 0.25) is 0 Å². The maximum Gasteiger partial charge on any atom is 0.313 e. The molecule has 1 unspecified atom stereocenters. The molecule has 1 atom stereocenters. The van der Waals surface area contributed by atoms with Gasteiger partial charge in [-0.05, 0) is 12.0 Å². The highest BCUT2D eigenvalue weighted by Gasteiger charge is 2.13. The zero-order chi connectivity index (χ0) is 15.5. The first kappa shape index (κ1) is 17.1. The van der Waals surface area contributed by atoms with Crippen LogP contribution < -0.4 is 0 Å². The molecule has 0 bridgehead atoms. The highest BCUT2D eigenvalue weighted by Crippen LogP contribution is 2.05. The van der Waals surface area contributed by atoms with E-state index in [1.54, 1.807) is 12.2 Å². The first-order chi connectivity index (χ1) is 10.1. The van der Waals surface area contributed by atoms with Crippen LogP contribution in [0, 0.1) is 0 Å². The maximum atomic E-state index is 11.6. The molecule has 1 N–H and O–H groups in total. The van der Waals surface area contributed by atoms with Gasteiger partial charge in [-0.2, -0.15) is 0 Å². The van der Waals surface area contributed by atoms with E-state index in [-0.39, 0.29) is 18.6 Å². The summed E-state index contributed by atoms with van der Waals surface area (Å²) in [5, 5.41) is 9.75. The van der Waals surface area contributed by atoms with Crippen molar-refractivity contribution in [1.82, 2.24) is 0 Å². The third kappa shape index (κ3) is 8.05. The van der Waals surface area contributed by atoms with Crippen molar-refractivity contribution in [2.45, 2.75) is 38.7 Å². The fourth-order valence-electron chi connectivity index (χ4n) is 1.70. The minimum atomic E-state index is -0.888. The Morgan fingerprint density at radius 3 is 2.67 bits per heavy atom. The van der Waals surface area contributed by atoms with E-state index in [1.165, 1.54) is 0 Å². The summed E-state index contributed by atoms with van der Waals surface area (Å²) in [5.74, 6) is -0.839. The normalized spacial score (nSPS) is 12.3. The van der Waals surface area contributed by atoms with Gasteiger partial charge in [-0.3, -0.25) is 9.59 Å². The number of ketones is 1. The highest BCUT2D eigenvalue weighted by atomic mass is 16.5. The molecule has 21 heavy (non-hydrogen) atoms. The van der Waals surface area contributed by atoms with Crippen molar-refractivity contribution < 1.29 is 19.4 Å². The van der Waals surface area contributed by atoms with Crippen LogP contribution in [0.3, 0.4) is 0 Å². The number of unbranched alkanes of at least 4 members (excludes halogenated alkanes) is 1. The van der Waals surface area contributed by atoms with Gasteiger partial charge in [0.05, 0.1) is 12.7 Å². The van der Waals surface area contributed by atoms with Crippen LogP contribution in [-0.4, -0.2) is 29.6 Å². The molecule has 0 aliphatic heterocycles. The van der Waals surface area contributed by atoms with E-state index < -0.39 is 12.1 Å². The predicted molar refractivity (Wildman–Crippen MR) is 81.6 cm³/mol. The molecule has 1 aromatic carbocycles. The summed E-state index contributed by atoms with van der Waals surface area (Å²) in [7, 11) is 0. The molecule has 0 saturated carbocycles. The van der Waals surface area contributed by atoms with Gasteiger partial charge < -0.3 is 9.84 Å². The highest BCUT2D eigenvalue weighted by molar-refractivity contribution is 5.95. The van der Waals surface area contributed by atoms with Gasteiger partial charge in [0.1, 0.15) is 12.2 Å². The second kappa shape index (κ2) is 9.88. The molecule has 0 heterocycles. The fraction of sp³-hybridized carbons (Fsp3) is 0.412. The van der Waals surface area contributed by atoms with Crippen molar-refractivity contribution >= 4 is 17.8 Å². The number of benzene rings is 1. The number of aliphatic hydroxyl groups excluding tert-OH is 1. The van der Waals surface area contributed by atoms with Gasteiger partial charge in [0.2, 0.25) is 0 Å². The number of carbonyl (C=O) groups excluding carboxylic acids is 2. The number of Topliss-reactive ketones (excluding diaryl/α,β-unsaturated/α-hetero) is 1. The molecule has 0 amide bonds. The summed E-state index contributed by atoms with van der Waals surface area (Å²) in [5.41, 5.74) is 0.947. The van der Waals surface area contributed by atoms with Crippen molar-refractivity contribution in [1.29, 1.82) is 0 Å². The zero-order valence-corrected chi connectivity index (χ0v) is 12.3. The van der Waals surface area contributed by atoms with E-state index in [2.05, 4.69) is 0 Å². The van der Waals surface area contributed by atoms with Crippen LogP contribution >= 0.6 is 0 Å². The quantitative estimate of drug-likeness (QED) is 0.431. The van der Waals surface area contributed by atoms with Gasteiger partial charge in [-0.15, -0.1) is 0 Å². The van der Waals surface area contributed by atoms with E-state index in [0.717, 1.165) is 18.4 Å². The van der Waals surface area contributed by atoms with Crippen LogP contribution in [0.4, 0.5) is 0 Å².